The molecule has 0 aliphatic carbocycles. The van der Waals surface area contributed by atoms with E-state index in [0.717, 1.165) is 5.56 Å². The fourth-order valence-corrected chi connectivity index (χ4v) is 2.61. The lowest BCUT2D eigenvalue weighted by molar-refractivity contribution is -0.197. The summed E-state index contributed by atoms with van der Waals surface area (Å²) < 4.78 is 5.48. The molecule has 1 aromatic heterocycles. The van der Waals surface area contributed by atoms with Crippen molar-refractivity contribution in [3.8, 4) is 5.88 Å². The number of ether oxygens (including phenoxy) is 1. The van der Waals surface area contributed by atoms with Crippen LogP contribution in [-0.4, -0.2) is 46.1 Å². The van der Waals surface area contributed by atoms with Gasteiger partial charge in [0.15, 0.2) is 0 Å². The number of carbonyl (C=O) groups is 4. The maximum absolute atomic E-state index is 11.8. The van der Waals surface area contributed by atoms with Crippen LogP contribution < -0.4 is 10.2 Å². The molecule has 0 saturated carbocycles. The molecule has 2 heterocycles. The molecule has 0 unspecified atom stereocenters. The Morgan fingerprint density at radius 2 is 1.87 bits per heavy atom. The molecule has 10 heteroatoms. The summed E-state index contributed by atoms with van der Waals surface area (Å²) in [6.45, 7) is 7.90. The summed E-state index contributed by atoms with van der Waals surface area (Å²) in [6.07, 6.45) is 2.39. The van der Waals surface area contributed by atoms with E-state index in [0.29, 0.717) is 29.5 Å². The number of hydroxylamine groups is 2. The molecule has 1 aliphatic rings. The number of nitrogens with one attached hydrogen (secondary N) is 1. The van der Waals surface area contributed by atoms with E-state index < -0.39 is 17.8 Å². The summed E-state index contributed by atoms with van der Waals surface area (Å²) in [4.78, 5) is 55.3. The van der Waals surface area contributed by atoms with Crippen molar-refractivity contribution in [1.82, 2.24) is 15.5 Å². The zero-order valence-corrected chi connectivity index (χ0v) is 18.3. The van der Waals surface area contributed by atoms with Gasteiger partial charge in [0.1, 0.15) is 0 Å². The Bertz CT molecular complexity index is 842. The number of nitrogens with zero attached hydrogens (tertiary/aromatic N) is 3. The van der Waals surface area contributed by atoms with E-state index >= 15 is 0 Å². The molecule has 1 aliphatic heterocycles. The van der Waals surface area contributed by atoms with Crippen LogP contribution in [0, 0.1) is 5.41 Å². The summed E-state index contributed by atoms with van der Waals surface area (Å²) >= 11 is 0. The minimum Gasteiger partial charge on any atom is -0.478 e. The van der Waals surface area contributed by atoms with E-state index in [1.54, 1.807) is 25.3 Å². The molecule has 0 radical (unpaired) electrons. The largest absolute Gasteiger partial charge is 0.478 e. The molecule has 1 fully saturated rings. The quantitative estimate of drug-likeness (QED) is 0.274. The maximum atomic E-state index is 11.8. The highest BCUT2D eigenvalue weighted by molar-refractivity contribution is 6.01. The number of hydrogen-bond donors (Lipinski definition) is 1. The first-order valence-electron chi connectivity index (χ1n) is 10.0. The number of aromatic nitrogens is 1. The molecular formula is C21H28N4O6. The fraction of sp³-hybridized carbons (Fsp3) is 0.524. The average Bonchev–Trinajstić information content (AvgIpc) is 3.00. The Hall–Kier alpha value is -3.30. The summed E-state index contributed by atoms with van der Waals surface area (Å²) in [7, 11) is 0. The van der Waals surface area contributed by atoms with Crippen molar-refractivity contribution in [3.63, 3.8) is 0 Å². The van der Waals surface area contributed by atoms with Crippen molar-refractivity contribution in [1.29, 1.82) is 0 Å². The number of amides is 3. The van der Waals surface area contributed by atoms with Gasteiger partial charge in [0, 0.05) is 37.1 Å². The zero-order valence-electron chi connectivity index (χ0n) is 18.3. The molecule has 1 N–H and O–H groups in total. The first-order chi connectivity index (χ1) is 14.5. The number of hydrogen-bond acceptors (Lipinski definition) is 8. The Kier molecular flexibility index (Phi) is 8.23. The molecule has 1 aromatic rings. The molecule has 2 rings (SSSR count). The first kappa shape index (κ1) is 24.0. The lowest BCUT2D eigenvalue weighted by Crippen LogP contribution is -2.32. The molecule has 3 amide bonds. The van der Waals surface area contributed by atoms with Crippen LogP contribution in [0.3, 0.4) is 0 Å². The van der Waals surface area contributed by atoms with Gasteiger partial charge in [-0.05, 0) is 24.8 Å². The third-order valence-corrected chi connectivity index (χ3v) is 4.17. The van der Waals surface area contributed by atoms with E-state index in [2.05, 4.69) is 15.5 Å². The molecular weight excluding hydrogens is 404 g/mol. The van der Waals surface area contributed by atoms with E-state index in [9.17, 15) is 19.2 Å². The van der Waals surface area contributed by atoms with Gasteiger partial charge in [-0.15, -0.1) is 5.06 Å². The fourth-order valence-electron chi connectivity index (χ4n) is 2.61. The average molecular weight is 432 g/mol. The Balaban J connectivity index is 1.72. The van der Waals surface area contributed by atoms with Crippen molar-refractivity contribution >= 4 is 29.4 Å². The molecule has 0 atom stereocenters. The van der Waals surface area contributed by atoms with E-state index in [-0.39, 0.29) is 37.2 Å². The van der Waals surface area contributed by atoms with Crippen LogP contribution in [0.2, 0.25) is 0 Å². The van der Waals surface area contributed by atoms with Gasteiger partial charge < -0.3 is 9.57 Å². The standard InChI is InChI=1S/C21H28N4O6/c1-14(23-24-16(26)12-21(2,3)4)15-7-8-17(22-13-15)30-11-5-6-20(29)31-25-18(27)9-10-19(25)28/h7-8,13H,5-6,9-12H2,1-4H3,(H,24,26)/b23-14-. The second kappa shape index (κ2) is 10.6. The van der Waals surface area contributed by atoms with Gasteiger partial charge in [0.05, 0.1) is 18.7 Å². The smallest absolute Gasteiger partial charge is 0.333 e. The third kappa shape index (κ3) is 8.15. The van der Waals surface area contributed by atoms with Crippen LogP contribution in [0.25, 0.3) is 0 Å². The van der Waals surface area contributed by atoms with E-state index in [1.807, 2.05) is 20.8 Å². The van der Waals surface area contributed by atoms with Crippen molar-refractivity contribution in [2.75, 3.05) is 6.61 Å². The summed E-state index contributed by atoms with van der Waals surface area (Å²) in [5, 5.41) is 4.62. The van der Waals surface area contributed by atoms with Crippen LogP contribution >= 0.6 is 0 Å². The van der Waals surface area contributed by atoms with Crippen LogP contribution in [0.15, 0.2) is 23.4 Å². The molecule has 31 heavy (non-hydrogen) atoms. The topological polar surface area (TPSA) is 127 Å². The van der Waals surface area contributed by atoms with Gasteiger partial charge in [0.2, 0.25) is 11.8 Å². The molecule has 0 bridgehead atoms. The van der Waals surface area contributed by atoms with Gasteiger partial charge in [-0.2, -0.15) is 5.10 Å². The lowest BCUT2D eigenvalue weighted by atomic mass is 9.92. The van der Waals surface area contributed by atoms with Crippen LogP contribution in [0.4, 0.5) is 0 Å². The number of rotatable bonds is 9. The van der Waals surface area contributed by atoms with Crippen molar-refractivity contribution in [2.24, 2.45) is 10.5 Å². The highest BCUT2D eigenvalue weighted by atomic mass is 16.7. The lowest BCUT2D eigenvalue weighted by Gasteiger charge is -2.16. The summed E-state index contributed by atoms with van der Waals surface area (Å²) in [5.41, 5.74) is 3.75. The van der Waals surface area contributed by atoms with Gasteiger partial charge >= 0.3 is 5.97 Å². The highest BCUT2D eigenvalue weighted by Gasteiger charge is 2.32. The number of carbonyl (C=O) groups excluding carboxylic acids is 4. The predicted molar refractivity (Wildman–Crippen MR) is 111 cm³/mol. The van der Waals surface area contributed by atoms with Crippen molar-refractivity contribution in [3.05, 3.63) is 23.9 Å². The second-order valence-corrected chi connectivity index (χ2v) is 8.35. The summed E-state index contributed by atoms with van der Waals surface area (Å²) in [5.74, 6) is -1.47. The minimum atomic E-state index is -0.671. The molecule has 1 saturated heterocycles. The van der Waals surface area contributed by atoms with Gasteiger partial charge in [-0.25, -0.2) is 15.2 Å². The molecule has 0 aromatic carbocycles. The summed E-state index contributed by atoms with van der Waals surface area (Å²) in [6, 6.07) is 3.42. The molecule has 168 valence electrons. The SMILES string of the molecule is C/C(=N/NC(=O)CC(C)(C)C)c1ccc(OCCCC(=O)ON2C(=O)CCC2=O)nc1. The van der Waals surface area contributed by atoms with Gasteiger partial charge in [-0.1, -0.05) is 20.8 Å². The number of pyridine rings is 1. The Morgan fingerprint density at radius 1 is 1.19 bits per heavy atom. The number of hydrazone groups is 1. The normalized spacial score (nSPS) is 14.6. The van der Waals surface area contributed by atoms with Crippen molar-refractivity contribution < 1.29 is 28.8 Å². The van der Waals surface area contributed by atoms with Crippen LogP contribution in [0.1, 0.15) is 65.4 Å². The van der Waals surface area contributed by atoms with Crippen LogP contribution in [-0.2, 0) is 24.0 Å². The maximum Gasteiger partial charge on any atom is 0.333 e. The zero-order chi connectivity index (χ0) is 23.0. The van der Waals surface area contributed by atoms with Crippen LogP contribution in [0.5, 0.6) is 5.88 Å². The van der Waals surface area contributed by atoms with Gasteiger partial charge in [-0.3, -0.25) is 14.4 Å². The van der Waals surface area contributed by atoms with Gasteiger partial charge in [0.25, 0.3) is 11.8 Å². The minimum absolute atomic E-state index is 0.00479. The Morgan fingerprint density at radius 3 is 2.45 bits per heavy atom. The second-order valence-electron chi connectivity index (χ2n) is 8.35. The third-order valence-electron chi connectivity index (χ3n) is 4.17. The molecule has 0 spiro atoms. The van der Waals surface area contributed by atoms with E-state index in [4.69, 9.17) is 9.57 Å². The first-order valence-corrected chi connectivity index (χ1v) is 10.0. The van der Waals surface area contributed by atoms with E-state index in [1.165, 1.54) is 0 Å². The Labute approximate surface area is 180 Å². The molecule has 10 nitrogen and oxygen atoms in total. The van der Waals surface area contributed by atoms with Crippen molar-refractivity contribution in [2.45, 2.75) is 59.8 Å². The highest BCUT2D eigenvalue weighted by Crippen LogP contribution is 2.18. The predicted octanol–water partition coefficient (Wildman–Crippen LogP) is 2.12. The number of imide groups is 1. The monoisotopic (exact) mass is 432 g/mol.